The van der Waals surface area contributed by atoms with Crippen LogP contribution < -0.4 is 10.2 Å². The molecule has 126 valence electrons. The smallest absolute Gasteiger partial charge is 0.255 e. The number of rotatable bonds is 5. The number of hydrogen-bond donors (Lipinski definition) is 1. The van der Waals surface area contributed by atoms with Crippen LogP contribution in [0.1, 0.15) is 15.9 Å². The molecule has 0 spiro atoms. The molecule has 0 aromatic heterocycles. The lowest BCUT2D eigenvalue weighted by atomic mass is 10.1. The van der Waals surface area contributed by atoms with Crippen LogP contribution in [-0.4, -0.2) is 38.5 Å². The highest BCUT2D eigenvalue weighted by Gasteiger charge is 2.11. The van der Waals surface area contributed by atoms with Crippen molar-refractivity contribution in [3.05, 3.63) is 59.7 Å². The average molecular weight is 342 g/mol. The quantitative estimate of drug-likeness (QED) is 0.901. The molecule has 1 amide bonds. The van der Waals surface area contributed by atoms with Gasteiger partial charge in [-0.1, -0.05) is 12.1 Å². The lowest BCUT2D eigenvalue weighted by Crippen LogP contribution is -2.36. The maximum atomic E-state index is 12.4. The summed E-state index contributed by atoms with van der Waals surface area (Å²) in [7, 11) is 0. The number of nitrogens with zero attached hydrogens (tertiary/aromatic N) is 1. The van der Waals surface area contributed by atoms with Crippen molar-refractivity contribution >= 4 is 29.0 Å². The number of thioether (sulfide) groups is 1. The number of carbonyl (C=O) groups excluding carboxylic acids is 1. The van der Waals surface area contributed by atoms with Crippen molar-refractivity contribution in [3.8, 4) is 0 Å². The van der Waals surface area contributed by atoms with Gasteiger partial charge in [0, 0.05) is 35.8 Å². The molecule has 2 aromatic carbocycles. The lowest BCUT2D eigenvalue weighted by molar-refractivity contribution is 0.102. The minimum absolute atomic E-state index is 0.0722. The Morgan fingerprint density at radius 3 is 2.62 bits per heavy atom. The van der Waals surface area contributed by atoms with Crippen LogP contribution in [0.5, 0.6) is 0 Å². The van der Waals surface area contributed by atoms with Crippen molar-refractivity contribution in [2.75, 3.05) is 42.8 Å². The van der Waals surface area contributed by atoms with E-state index < -0.39 is 0 Å². The number of hydrogen-bond acceptors (Lipinski definition) is 4. The maximum Gasteiger partial charge on any atom is 0.255 e. The van der Waals surface area contributed by atoms with Gasteiger partial charge in [-0.15, -0.1) is 0 Å². The molecule has 1 fully saturated rings. The summed E-state index contributed by atoms with van der Waals surface area (Å²) >= 11 is 1.75. The van der Waals surface area contributed by atoms with Crippen molar-refractivity contribution in [1.29, 1.82) is 0 Å². The van der Waals surface area contributed by atoms with Crippen molar-refractivity contribution in [2.24, 2.45) is 0 Å². The third-order valence-corrected chi connectivity index (χ3v) is 4.62. The van der Waals surface area contributed by atoms with Crippen molar-refractivity contribution in [1.82, 2.24) is 0 Å². The Kier molecular flexibility index (Phi) is 5.77. The van der Waals surface area contributed by atoms with E-state index in [1.54, 1.807) is 11.8 Å². The Balaban J connectivity index is 1.64. The highest BCUT2D eigenvalue weighted by Crippen LogP contribution is 2.20. The summed E-state index contributed by atoms with van der Waals surface area (Å²) in [6.45, 7) is 3.36. The van der Waals surface area contributed by atoms with E-state index >= 15 is 0 Å². The molecule has 2 aromatic rings. The van der Waals surface area contributed by atoms with E-state index in [0.717, 1.165) is 43.3 Å². The van der Waals surface area contributed by atoms with Gasteiger partial charge in [0.05, 0.1) is 13.2 Å². The van der Waals surface area contributed by atoms with E-state index in [1.807, 2.05) is 48.5 Å². The van der Waals surface area contributed by atoms with E-state index in [0.29, 0.717) is 5.56 Å². The average Bonchev–Trinajstić information content (AvgIpc) is 2.64. The van der Waals surface area contributed by atoms with Crippen LogP contribution in [0.2, 0.25) is 0 Å². The zero-order chi connectivity index (χ0) is 16.8. The molecule has 5 heteroatoms. The van der Waals surface area contributed by atoms with Crippen LogP contribution >= 0.6 is 11.8 Å². The topological polar surface area (TPSA) is 41.6 Å². The van der Waals surface area contributed by atoms with Gasteiger partial charge in [-0.2, -0.15) is 11.8 Å². The molecule has 0 unspecified atom stereocenters. The van der Waals surface area contributed by atoms with Gasteiger partial charge in [0.2, 0.25) is 0 Å². The SMILES string of the molecule is CSCc1cccc(C(=O)Nc2ccc(N3CCOCC3)cc2)c1. The van der Waals surface area contributed by atoms with E-state index in [-0.39, 0.29) is 5.91 Å². The van der Waals surface area contributed by atoms with Crippen LogP contribution in [-0.2, 0) is 10.5 Å². The third-order valence-electron chi connectivity index (χ3n) is 4.00. The molecule has 0 bridgehead atoms. The van der Waals surface area contributed by atoms with E-state index in [9.17, 15) is 4.79 Å². The molecule has 1 heterocycles. The monoisotopic (exact) mass is 342 g/mol. The molecule has 24 heavy (non-hydrogen) atoms. The van der Waals surface area contributed by atoms with Crippen molar-refractivity contribution in [3.63, 3.8) is 0 Å². The van der Waals surface area contributed by atoms with Crippen molar-refractivity contribution in [2.45, 2.75) is 5.75 Å². The molecule has 3 rings (SSSR count). The summed E-state index contributed by atoms with van der Waals surface area (Å²) in [5, 5.41) is 2.97. The Morgan fingerprint density at radius 1 is 1.17 bits per heavy atom. The third kappa shape index (κ3) is 4.30. The van der Waals surface area contributed by atoms with Gasteiger partial charge in [-0.3, -0.25) is 4.79 Å². The Labute approximate surface area is 147 Å². The summed E-state index contributed by atoms with van der Waals surface area (Å²) < 4.78 is 5.37. The van der Waals surface area contributed by atoms with Gasteiger partial charge in [0.25, 0.3) is 5.91 Å². The summed E-state index contributed by atoms with van der Waals surface area (Å²) in [5.41, 5.74) is 3.84. The Morgan fingerprint density at radius 2 is 1.92 bits per heavy atom. The molecule has 0 saturated carbocycles. The molecular formula is C19H22N2O2S. The number of carbonyl (C=O) groups is 1. The molecule has 4 nitrogen and oxygen atoms in total. The highest BCUT2D eigenvalue weighted by atomic mass is 32.2. The maximum absolute atomic E-state index is 12.4. The van der Waals surface area contributed by atoms with E-state index in [1.165, 1.54) is 5.69 Å². The zero-order valence-corrected chi connectivity index (χ0v) is 14.6. The number of amides is 1. The van der Waals surface area contributed by atoms with Gasteiger partial charge in [-0.25, -0.2) is 0 Å². The number of benzene rings is 2. The number of anilines is 2. The van der Waals surface area contributed by atoms with Crippen molar-refractivity contribution < 1.29 is 9.53 Å². The normalized spacial score (nSPS) is 14.5. The summed E-state index contributed by atoms with van der Waals surface area (Å²) in [6, 6.07) is 15.8. The second kappa shape index (κ2) is 8.22. The first-order chi connectivity index (χ1) is 11.8. The van der Waals surface area contributed by atoms with Crippen LogP contribution in [0.4, 0.5) is 11.4 Å². The minimum Gasteiger partial charge on any atom is -0.378 e. The van der Waals surface area contributed by atoms with E-state index in [2.05, 4.69) is 16.5 Å². The predicted molar refractivity (Wildman–Crippen MR) is 101 cm³/mol. The zero-order valence-electron chi connectivity index (χ0n) is 13.8. The highest BCUT2D eigenvalue weighted by molar-refractivity contribution is 7.97. The minimum atomic E-state index is -0.0722. The number of nitrogens with one attached hydrogen (secondary N) is 1. The standard InChI is InChI=1S/C19H22N2O2S/c1-24-14-15-3-2-4-16(13-15)19(22)20-17-5-7-18(8-6-17)21-9-11-23-12-10-21/h2-8,13H,9-12,14H2,1H3,(H,20,22). The number of morpholine rings is 1. The second-order valence-electron chi connectivity index (χ2n) is 5.73. The van der Waals surface area contributed by atoms with E-state index in [4.69, 9.17) is 4.74 Å². The second-order valence-corrected chi connectivity index (χ2v) is 6.60. The summed E-state index contributed by atoms with van der Waals surface area (Å²) in [4.78, 5) is 14.7. The summed E-state index contributed by atoms with van der Waals surface area (Å²) in [5.74, 6) is 0.840. The predicted octanol–water partition coefficient (Wildman–Crippen LogP) is 3.64. The Hall–Kier alpha value is -1.98. The number of ether oxygens (including phenoxy) is 1. The lowest BCUT2D eigenvalue weighted by Gasteiger charge is -2.28. The van der Waals surface area contributed by atoms with Crippen LogP contribution in [0.15, 0.2) is 48.5 Å². The van der Waals surface area contributed by atoms with Gasteiger partial charge in [0.1, 0.15) is 0 Å². The van der Waals surface area contributed by atoms with Crippen LogP contribution in [0.3, 0.4) is 0 Å². The molecule has 0 aliphatic carbocycles. The molecule has 1 saturated heterocycles. The molecular weight excluding hydrogens is 320 g/mol. The fraction of sp³-hybridized carbons (Fsp3) is 0.316. The van der Waals surface area contributed by atoms with Gasteiger partial charge < -0.3 is 15.0 Å². The molecule has 1 aliphatic rings. The van der Waals surface area contributed by atoms with Crippen LogP contribution in [0, 0.1) is 0 Å². The first kappa shape index (κ1) is 16.9. The van der Waals surface area contributed by atoms with Crippen LogP contribution in [0.25, 0.3) is 0 Å². The molecule has 0 atom stereocenters. The molecule has 1 N–H and O–H groups in total. The first-order valence-corrected chi connectivity index (χ1v) is 9.47. The van der Waals surface area contributed by atoms with Gasteiger partial charge in [0.15, 0.2) is 0 Å². The Bertz CT molecular complexity index is 682. The molecule has 1 aliphatic heterocycles. The fourth-order valence-corrected chi connectivity index (χ4v) is 3.26. The fourth-order valence-electron chi connectivity index (χ4n) is 2.75. The first-order valence-electron chi connectivity index (χ1n) is 8.08. The molecule has 0 radical (unpaired) electrons. The summed E-state index contributed by atoms with van der Waals surface area (Å²) in [6.07, 6.45) is 2.06. The van der Waals surface area contributed by atoms with Gasteiger partial charge >= 0.3 is 0 Å². The van der Waals surface area contributed by atoms with Gasteiger partial charge in [-0.05, 0) is 48.2 Å². The largest absolute Gasteiger partial charge is 0.378 e.